The van der Waals surface area contributed by atoms with Crippen molar-refractivity contribution in [2.24, 2.45) is 0 Å². The normalized spacial score (nSPS) is 15.1. The van der Waals surface area contributed by atoms with Gasteiger partial charge in [0.15, 0.2) is 11.5 Å². The standard InChI is InChI=1S/C22H22N4S.C2HF3O2/c1-2-5-17(6-3-1)19-8-9-21-23-22(24-26(21)15-19)18-10-12-25(13-11-18)16-20-7-4-14-27-20;3-2(4,5)1(6)7/h1-9,14-15,18H,10-13,16H2;(H,6,7). The van der Waals surface area contributed by atoms with Gasteiger partial charge in [0.25, 0.3) is 0 Å². The number of halogens is 3. The van der Waals surface area contributed by atoms with Gasteiger partial charge in [-0.15, -0.1) is 11.3 Å². The van der Waals surface area contributed by atoms with Crippen molar-refractivity contribution in [1.29, 1.82) is 0 Å². The summed E-state index contributed by atoms with van der Waals surface area (Å²) in [6.07, 6.45) is -0.727. The Bertz CT molecular complexity index is 1220. The lowest BCUT2D eigenvalue weighted by Gasteiger charge is -2.30. The van der Waals surface area contributed by atoms with Crippen molar-refractivity contribution in [2.75, 3.05) is 13.1 Å². The number of aliphatic carboxylic acids is 1. The Balaban J connectivity index is 0.000000344. The minimum atomic E-state index is -5.08. The van der Waals surface area contributed by atoms with Crippen LogP contribution in [0.5, 0.6) is 0 Å². The van der Waals surface area contributed by atoms with Gasteiger partial charge < -0.3 is 5.11 Å². The minimum absolute atomic E-state index is 0.463. The molecule has 1 fully saturated rings. The molecular formula is C24H23F3N4O2S. The molecule has 0 spiro atoms. The Morgan fingerprint density at radius 3 is 2.35 bits per heavy atom. The van der Waals surface area contributed by atoms with E-state index in [4.69, 9.17) is 20.0 Å². The third-order valence-corrected chi connectivity index (χ3v) is 6.47. The van der Waals surface area contributed by atoms with E-state index in [0.717, 1.165) is 43.9 Å². The lowest BCUT2D eigenvalue weighted by molar-refractivity contribution is -0.192. The summed E-state index contributed by atoms with van der Waals surface area (Å²) < 4.78 is 33.7. The van der Waals surface area contributed by atoms with Gasteiger partial charge in [0.05, 0.1) is 0 Å². The second-order valence-corrected chi connectivity index (χ2v) is 9.02. The maximum Gasteiger partial charge on any atom is 0.490 e. The predicted molar refractivity (Wildman–Crippen MR) is 124 cm³/mol. The molecule has 6 nitrogen and oxygen atoms in total. The van der Waals surface area contributed by atoms with E-state index in [1.165, 1.54) is 16.0 Å². The van der Waals surface area contributed by atoms with Crippen molar-refractivity contribution in [3.05, 3.63) is 76.9 Å². The van der Waals surface area contributed by atoms with Crippen molar-refractivity contribution in [2.45, 2.75) is 31.5 Å². The van der Waals surface area contributed by atoms with Gasteiger partial charge in [0, 0.05) is 29.1 Å². The topological polar surface area (TPSA) is 70.7 Å². The van der Waals surface area contributed by atoms with Crippen molar-refractivity contribution in [1.82, 2.24) is 19.5 Å². The SMILES string of the molecule is O=C(O)C(F)(F)F.c1ccc(-c2ccc3nc(C4CCN(Cc5cccs5)CC4)nn3c2)cc1. The van der Waals surface area contributed by atoms with Gasteiger partial charge >= 0.3 is 12.1 Å². The van der Waals surface area contributed by atoms with Gasteiger partial charge in [-0.1, -0.05) is 36.4 Å². The first-order chi connectivity index (χ1) is 16.3. The first-order valence-electron chi connectivity index (χ1n) is 10.8. The lowest BCUT2D eigenvalue weighted by atomic mass is 9.96. The molecule has 34 heavy (non-hydrogen) atoms. The van der Waals surface area contributed by atoms with Gasteiger partial charge in [-0.05, 0) is 55.1 Å². The van der Waals surface area contributed by atoms with Crippen LogP contribution in [0.2, 0.25) is 0 Å². The molecule has 0 radical (unpaired) electrons. The van der Waals surface area contributed by atoms with E-state index in [1.54, 1.807) is 0 Å². The average molecular weight is 489 g/mol. The van der Waals surface area contributed by atoms with Crippen LogP contribution in [0.4, 0.5) is 13.2 Å². The number of nitrogens with zero attached hydrogens (tertiary/aromatic N) is 4. The number of hydrogen-bond acceptors (Lipinski definition) is 5. The number of benzene rings is 1. The summed E-state index contributed by atoms with van der Waals surface area (Å²) in [6.45, 7) is 3.31. The summed E-state index contributed by atoms with van der Waals surface area (Å²) in [6, 6.07) is 19.0. The van der Waals surface area contributed by atoms with Gasteiger partial charge in [-0.25, -0.2) is 14.3 Å². The quantitative estimate of drug-likeness (QED) is 0.413. The molecule has 5 rings (SSSR count). The third-order valence-electron chi connectivity index (χ3n) is 5.61. The number of pyridine rings is 1. The Morgan fingerprint density at radius 1 is 1.03 bits per heavy atom. The fraction of sp³-hybridized carbons (Fsp3) is 0.292. The molecule has 0 atom stereocenters. The molecule has 0 aliphatic carbocycles. The summed E-state index contributed by atoms with van der Waals surface area (Å²) >= 11 is 1.85. The van der Waals surface area contributed by atoms with E-state index in [0.29, 0.717) is 5.92 Å². The Morgan fingerprint density at radius 2 is 1.74 bits per heavy atom. The van der Waals surface area contributed by atoms with Crippen molar-refractivity contribution in [3.8, 4) is 11.1 Å². The van der Waals surface area contributed by atoms with E-state index >= 15 is 0 Å². The number of carboxylic acids is 1. The fourth-order valence-corrected chi connectivity index (χ4v) is 4.59. The molecule has 4 heterocycles. The summed E-state index contributed by atoms with van der Waals surface area (Å²) in [5.74, 6) is -1.30. The number of fused-ring (bicyclic) bond motifs is 1. The number of rotatable bonds is 4. The van der Waals surface area contributed by atoms with Crippen LogP contribution in [0.25, 0.3) is 16.8 Å². The molecule has 1 aliphatic rings. The zero-order valence-electron chi connectivity index (χ0n) is 18.2. The number of thiophene rings is 1. The molecule has 1 saturated heterocycles. The van der Waals surface area contributed by atoms with Crippen LogP contribution in [0.1, 0.15) is 29.5 Å². The number of aromatic nitrogens is 3. The van der Waals surface area contributed by atoms with Crippen LogP contribution < -0.4 is 0 Å². The van der Waals surface area contributed by atoms with E-state index in [9.17, 15) is 13.2 Å². The third kappa shape index (κ3) is 6.00. The van der Waals surface area contributed by atoms with E-state index in [-0.39, 0.29) is 0 Å². The highest BCUT2D eigenvalue weighted by atomic mass is 32.1. The maximum atomic E-state index is 10.6. The molecule has 3 aromatic heterocycles. The molecule has 1 aromatic carbocycles. The molecule has 0 unspecified atom stereocenters. The summed E-state index contributed by atoms with van der Waals surface area (Å²) in [5.41, 5.74) is 3.31. The summed E-state index contributed by atoms with van der Waals surface area (Å²) in [5, 5.41) is 14.1. The minimum Gasteiger partial charge on any atom is -0.475 e. The number of likely N-dealkylation sites (tertiary alicyclic amines) is 1. The van der Waals surface area contributed by atoms with Gasteiger partial charge in [0.1, 0.15) is 0 Å². The van der Waals surface area contributed by atoms with Crippen molar-refractivity contribution >= 4 is 23.0 Å². The van der Waals surface area contributed by atoms with Crippen molar-refractivity contribution < 1.29 is 23.1 Å². The van der Waals surface area contributed by atoms with Crippen LogP contribution in [0.3, 0.4) is 0 Å². The van der Waals surface area contributed by atoms with E-state index in [1.807, 2.05) is 21.9 Å². The molecule has 0 bridgehead atoms. The highest BCUT2D eigenvalue weighted by Gasteiger charge is 2.38. The van der Waals surface area contributed by atoms with Crippen molar-refractivity contribution in [3.63, 3.8) is 0 Å². The smallest absolute Gasteiger partial charge is 0.475 e. The number of carbonyl (C=O) groups is 1. The summed E-state index contributed by atoms with van der Waals surface area (Å²) in [4.78, 5) is 17.7. The zero-order valence-corrected chi connectivity index (χ0v) is 19.0. The second-order valence-electron chi connectivity index (χ2n) is 7.99. The number of alkyl halides is 3. The largest absolute Gasteiger partial charge is 0.490 e. The van der Waals surface area contributed by atoms with Gasteiger partial charge in [0.2, 0.25) is 0 Å². The Hall–Kier alpha value is -3.24. The molecular weight excluding hydrogens is 465 g/mol. The zero-order chi connectivity index (χ0) is 24.1. The molecule has 1 N–H and O–H groups in total. The van der Waals surface area contributed by atoms with Gasteiger partial charge in [-0.2, -0.15) is 18.3 Å². The van der Waals surface area contributed by atoms with E-state index in [2.05, 4.69) is 65.0 Å². The Labute approximate surface area is 198 Å². The molecule has 178 valence electrons. The molecule has 0 saturated carbocycles. The fourth-order valence-electron chi connectivity index (χ4n) is 3.85. The highest BCUT2D eigenvalue weighted by molar-refractivity contribution is 7.09. The predicted octanol–water partition coefficient (Wildman–Crippen LogP) is 5.47. The number of hydrogen-bond donors (Lipinski definition) is 1. The maximum absolute atomic E-state index is 10.6. The monoisotopic (exact) mass is 488 g/mol. The molecule has 1 aliphatic heterocycles. The first-order valence-corrected chi connectivity index (χ1v) is 11.6. The van der Waals surface area contributed by atoms with Crippen LogP contribution in [0.15, 0.2) is 66.2 Å². The average Bonchev–Trinajstić information content (AvgIpc) is 3.49. The molecule has 4 aromatic rings. The van der Waals surface area contributed by atoms with Gasteiger partial charge in [-0.3, -0.25) is 4.90 Å². The number of carboxylic acid groups (broad SMARTS) is 1. The van der Waals surface area contributed by atoms with Crippen LogP contribution in [-0.2, 0) is 11.3 Å². The van der Waals surface area contributed by atoms with Crippen LogP contribution >= 0.6 is 11.3 Å². The first kappa shape index (κ1) is 23.9. The van der Waals surface area contributed by atoms with Crippen LogP contribution in [-0.4, -0.2) is 49.8 Å². The Kier molecular flexibility index (Phi) is 7.28. The second kappa shape index (κ2) is 10.4. The van der Waals surface area contributed by atoms with E-state index < -0.39 is 12.1 Å². The number of piperidine rings is 1. The summed E-state index contributed by atoms with van der Waals surface area (Å²) in [7, 11) is 0. The highest BCUT2D eigenvalue weighted by Crippen LogP contribution is 2.28. The van der Waals surface area contributed by atoms with Crippen LogP contribution in [0, 0.1) is 0 Å². The molecule has 10 heteroatoms. The lowest BCUT2D eigenvalue weighted by Crippen LogP contribution is -2.32. The molecule has 0 amide bonds.